The summed E-state index contributed by atoms with van der Waals surface area (Å²) in [6, 6.07) is 3.31. The number of ether oxygens (including phenoxy) is 1. The Morgan fingerprint density at radius 3 is 2.69 bits per heavy atom. The summed E-state index contributed by atoms with van der Waals surface area (Å²) in [4.78, 5) is 10.8. The first kappa shape index (κ1) is 14.2. The van der Waals surface area contributed by atoms with Crippen LogP contribution in [-0.4, -0.2) is 39.7 Å². The summed E-state index contributed by atoms with van der Waals surface area (Å²) < 4.78 is 21.0. The van der Waals surface area contributed by atoms with Crippen molar-refractivity contribution in [2.75, 3.05) is 7.11 Å². The molecule has 0 saturated carbocycles. The molecule has 0 bridgehead atoms. The molecule has 0 saturated heterocycles. The second kappa shape index (κ2) is 6.18. The van der Waals surface area contributed by atoms with Gasteiger partial charge in [0.1, 0.15) is 0 Å². The van der Waals surface area contributed by atoms with E-state index in [-0.39, 0.29) is 0 Å². The Labute approximate surface area is 116 Å². The third-order valence-corrected chi connectivity index (χ3v) is 9.68. The number of halogens is 2. The topological polar surface area (TPSA) is 55.8 Å². The van der Waals surface area contributed by atoms with Gasteiger partial charge in [-0.1, -0.05) is 0 Å². The van der Waals surface area contributed by atoms with E-state index in [4.69, 9.17) is 19.0 Å². The number of rotatable bonds is 3. The number of hydrogen-bond donors (Lipinski definition) is 1. The van der Waals surface area contributed by atoms with Gasteiger partial charge >= 0.3 is 117 Å². The molecule has 0 amide bonds. The summed E-state index contributed by atoms with van der Waals surface area (Å²) in [7, 11) is 1.47. The van der Waals surface area contributed by atoms with Crippen molar-refractivity contribution in [1.29, 1.82) is 0 Å². The molecular formula is C9H10BrClO4Pb. The third kappa shape index (κ3) is 3.57. The molecule has 0 spiro atoms. The Kier molecular flexibility index (Phi) is 5.48. The van der Waals surface area contributed by atoms with Crippen molar-refractivity contribution in [1.82, 2.24) is 0 Å². The summed E-state index contributed by atoms with van der Waals surface area (Å²) in [5.74, 6) is -0.0648. The van der Waals surface area contributed by atoms with Crippen molar-refractivity contribution in [2.45, 2.75) is 6.92 Å². The summed E-state index contributed by atoms with van der Waals surface area (Å²) in [5.41, 5.74) is 0. The number of carbonyl (C=O) groups is 1. The van der Waals surface area contributed by atoms with Gasteiger partial charge in [-0.3, -0.25) is 0 Å². The molecule has 1 unspecified atom stereocenters. The van der Waals surface area contributed by atoms with Crippen molar-refractivity contribution in [2.24, 2.45) is 0 Å². The maximum atomic E-state index is 10.8. The zero-order chi connectivity index (χ0) is 12.3. The molecule has 0 aliphatic rings. The van der Waals surface area contributed by atoms with E-state index < -0.39 is 29.6 Å². The fourth-order valence-electron chi connectivity index (χ4n) is 1.19. The Bertz CT molecular complexity index is 413. The average molecular weight is 505 g/mol. The molecule has 4 nitrogen and oxygen atoms in total. The molecule has 1 N–H and O–H groups in total. The van der Waals surface area contributed by atoms with Crippen LogP contribution in [0.25, 0.3) is 0 Å². The number of carbonyl (C=O) groups excluding carboxylic acids is 1. The molecule has 0 aliphatic carbocycles. The SMILES string of the molecule is COc1cc(Br)cc(Cl)[c]1[PbH]([OH])[O]C(C)=O. The Morgan fingerprint density at radius 2 is 2.19 bits per heavy atom. The van der Waals surface area contributed by atoms with Gasteiger partial charge in [-0.05, 0) is 0 Å². The van der Waals surface area contributed by atoms with Gasteiger partial charge in [0.25, 0.3) is 0 Å². The summed E-state index contributed by atoms with van der Waals surface area (Å²) in [6.07, 6.45) is 0. The van der Waals surface area contributed by atoms with Crippen LogP contribution in [0.3, 0.4) is 0 Å². The summed E-state index contributed by atoms with van der Waals surface area (Å²) >= 11 is 5.53. The van der Waals surface area contributed by atoms with Gasteiger partial charge in [-0.2, -0.15) is 0 Å². The van der Waals surface area contributed by atoms with Crippen LogP contribution >= 0.6 is 27.5 Å². The molecule has 0 aromatic heterocycles. The number of hydrogen-bond acceptors (Lipinski definition) is 4. The average Bonchev–Trinajstić information content (AvgIpc) is 2.14. The molecule has 0 aliphatic heterocycles. The van der Waals surface area contributed by atoms with Crippen LogP contribution in [0.2, 0.25) is 5.02 Å². The monoisotopic (exact) mass is 504 g/mol. The van der Waals surface area contributed by atoms with E-state index in [1.165, 1.54) is 14.0 Å². The fourth-order valence-corrected chi connectivity index (χ4v) is 7.43. The van der Waals surface area contributed by atoms with Gasteiger partial charge in [-0.25, -0.2) is 0 Å². The molecular weight excluding hydrogens is 495 g/mol. The van der Waals surface area contributed by atoms with E-state index in [0.29, 0.717) is 13.9 Å². The molecule has 16 heavy (non-hydrogen) atoms. The Balaban J connectivity index is 3.15. The zero-order valence-electron chi connectivity index (χ0n) is 8.66. The molecule has 88 valence electrons. The zero-order valence-corrected chi connectivity index (χ0v) is 15.5. The molecule has 1 aromatic carbocycles. The predicted molar refractivity (Wildman–Crippen MR) is 66.5 cm³/mol. The number of methoxy groups -OCH3 is 1. The van der Waals surface area contributed by atoms with E-state index in [0.717, 1.165) is 4.47 Å². The van der Waals surface area contributed by atoms with E-state index in [1.54, 1.807) is 12.1 Å². The second-order valence-corrected chi connectivity index (χ2v) is 10.2. The van der Waals surface area contributed by atoms with Crippen molar-refractivity contribution in [3.63, 3.8) is 0 Å². The molecule has 0 fully saturated rings. The summed E-state index contributed by atoms with van der Waals surface area (Å²) in [6.45, 7) is 1.25. The van der Waals surface area contributed by atoms with Crippen molar-refractivity contribution in [3.05, 3.63) is 21.6 Å². The van der Waals surface area contributed by atoms with Crippen molar-refractivity contribution >= 4 is 60.2 Å². The van der Waals surface area contributed by atoms with Gasteiger partial charge in [0.15, 0.2) is 0 Å². The van der Waals surface area contributed by atoms with E-state index in [2.05, 4.69) is 15.9 Å². The Hall–Kier alpha value is 0.142. The Morgan fingerprint density at radius 1 is 1.56 bits per heavy atom. The van der Waals surface area contributed by atoms with Crippen LogP contribution in [0.4, 0.5) is 0 Å². The van der Waals surface area contributed by atoms with Crippen LogP contribution in [0, 0.1) is 0 Å². The van der Waals surface area contributed by atoms with Gasteiger partial charge in [-0.15, -0.1) is 0 Å². The van der Waals surface area contributed by atoms with Crippen LogP contribution in [0.5, 0.6) is 5.75 Å². The van der Waals surface area contributed by atoms with Crippen molar-refractivity contribution < 1.29 is 15.3 Å². The summed E-state index contributed by atoms with van der Waals surface area (Å²) in [5, 5.41) is 0.349. The van der Waals surface area contributed by atoms with Gasteiger partial charge < -0.3 is 0 Å². The first-order valence-electron chi connectivity index (χ1n) is 4.34. The fraction of sp³-hybridized carbons (Fsp3) is 0.222. The molecule has 1 atom stereocenters. The predicted octanol–water partition coefficient (Wildman–Crippen LogP) is 1.09. The van der Waals surface area contributed by atoms with Crippen LogP contribution < -0.4 is 7.86 Å². The first-order valence-corrected chi connectivity index (χ1v) is 11.6. The molecule has 1 rings (SSSR count). The van der Waals surface area contributed by atoms with Crippen LogP contribution in [-0.2, 0) is 7.48 Å². The van der Waals surface area contributed by atoms with Crippen LogP contribution in [0.15, 0.2) is 16.6 Å². The second-order valence-electron chi connectivity index (χ2n) is 2.97. The quantitative estimate of drug-likeness (QED) is 0.627. The standard InChI is InChI=1S/C7H5BrClO.C2H4O2.H2O.Pb.H/c1-10-7-3-5(8)2-6(9)4-7;1-2(3)4;;;/h2-3H,1H3;1H3,(H,3,4);1H2;;/q;;;+2;/p-2. The van der Waals surface area contributed by atoms with Gasteiger partial charge in [0.05, 0.1) is 0 Å². The minimum atomic E-state index is -3.72. The third-order valence-electron chi connectivity index (χ3n) is 1.80. The molecule has 0 heterocycles. The molecule has 1 aromatic rings. The van der Waals surface area contributed by atoms with E-state index in [9.17, 15) is 7.85 Å². The van der Waals surface area contributed by atoms with Crippen LogP contribution in [0.1, 0.15) is 6.92 Å². The molecule has 0 radical (unpaired) electrons. The normalized spacial score (nSPS) is 12.1. The number of benzene rings is 1. The molecule has 7 heteroatoms. The van der Waals surface area contributed by atoms with E-state index in [1.807, 2.05) is 0 Å². The van der Waals surface area contributed by atoms with E-state index >= 15 is 0 Å². The minimum absolute atomic E-state index is 0.349. The first-order chi connectivity index (χ1) is 7.45. The maximum absolute atomic E-state index is 10.8. The van der Waals surface area contributed by atoms with Gasteiger partial charge in [0, 0.05) is 0 Å². The van der Waals surface area contributed by atoms with Gasteiger partial charge in [0.2, 0.25) is 0 Å². The van der Waals surface area contributed by atoms with Crippen molar-refractivity contribution in [3.8, 4) is 5.75 Å².